The molecule has 1 aliphatic heterocycles. The molecule has 130 valence electrons. The molecule has 2 aliphatic rings. The van der Waals surface area contributed by atoms with Crippen molar-refractivity contribution in [1.29, 1.82) is 0 Å². The molecule has 1 heterocycles. The molecule has 0 unspecified atom stereocenters. The van der Waals surface area contributed by atoms with Crippen LogP contribution in [0.2, 0.25) is 0 Å². The van der Waals surface area contributed by atoms with E-state index in [4.69, 9.17) is 8.92 Å². The molecule has 0 N–H and O–H groups in total. The largest absolute Gasteiger partial charge is 0.444 e. The molecule has 2 rings (SSSR count). The van der Waals surface area contributed by atoms with Crippen LogP contribution in [0.5, 0.6) is 0 Å². The van der Waals surface area contributed by atoms with Gasteiger partial charge in [0.25, 0.3) is 10.1 Å². The molecular formula is C15H23NO6S. The van der Waals surface area contributed by atoms with Gasteiger partial charge >= 0.3 is 6.09 Å². The standard InChI is InChI=1S/C15H23NO6S/c1-14(2,3)21-13(18)16-10-12(22-23(4,19)20)9-15(16)7-5-11(17)6-8-15/h5,7,12H,6,8-10H2,1-4H3/t12-,15-/m1/s1. The second-order valence-corrected chi connectivity index (χ2v) is 8.72. The summed E-state index contributed by atoms with van der Waals surface area (Å²) in [5.41, 5.74) is -1.39. The third-order valence-corrected chi connectivity index (χ3v) is 4.44. The van der Waals surface area contributed by atoms with Crippen molar-refractivity contribution in [3.05, 3.63) is 12.2 Å². The number of rotatable bonds is 2. The number of amides is 1. The minimum atomic E-state index is -3.63. The maximum absolute atomic E-state index is 12.5. The molecule has 0 bridgehead atoms. The minimum absolute atomic E-state index is 0.00718. The Bertz CT molecular complexity index is 633. The zero-order valence-corrected chi connectivity index (χ0v) is 14.7. The van der Waals surface area contributed by atoms with E-state index in [-0.39, 0.29) is 12.3 Å². The average Bonchev–Trinajstić information content (AvgIpc) is 2.67. The molecule has 0 radical (unpaired) electrons. The molecule has 2 atom stereocenters. The third-order valence-electron chi connectivity index (χ3n) is 3.81. The number of ketones is 1. The highest BCUT2D eigenvalue weighted by Crippen LogP contribution is 2.39. The maximum Gasteiger partial charge on any atom is 0.411 e. The average molecular weight is 345 g/mol. The summed E-state index contributed by atoms with van der Waals surface area (Å²) in [6.45, 7) is 5.40. The molecule has 8 heteroatoms. The number of carbonyl (C=O) groups excluding carboxylic acids is 2. The Hall–Kier alpha value is -1.41. The highest BCUT2D eigenvalue weighted by atomic mass is 32.2. The van der Waals surface area contributed by atoms with E-state index in [0.717, 1.165) is 6.26 Å². The summed E-state index contributed by atoms with van der Waals surface area (Å²) < 4.78 is 33.3. The number of hydrogen-bond acceptors (Lipinski definition) is 6. The molecule has 1 aliphatic carbocycles. The first-order valence-electron chi connectivity index (χ1n) is 7.51. The van der Waals surface area contributed by atoms with Crippen LogP contribution in [0, 0.1) is 0 Å². The number of nitrogens with zero attached hydrogens (tertiary/aromatic N) is 1. The third kappa shape index (κ3) is 4.54. The summed E-state index contributed by atoms with van der Waals surface area (Å²) >= 11 is 0. The van der Waals surface area contributed by atoms with Gasteiger partial charge in [-0.2, -0.15) is 8.42 Å². The van der Waals surface area contributed by atoms with Crippen LogP contribution in [0.1, 0.15) is 40.0 Å². The predicted molar refractivity (Wildman–Crippen MR) is 83.4 cm³/mol. The first-order chi connectivity index (χ1) is 10.4. The van der Waals surface area contributed by atoms with Crippen molar-refractivity contribution in [2.24, 2.45) is 0 Å². The van der Waals surface area contributed by atoms with Gasteiger partial charge in [0.05, 0.1) is 24.4 Å². The number of hydrogen-bond donors (Lipinski definition) is 0. The molecule has 0 aromatic rings. The van der Waals surface area contributed by atoms with Crippen molar-refractivity contribution in [3.63, 3.8) is 0 Å². The fourth-order valence-electron chi connectivity index (χ4n) is 2.99. The van der Waals surface area contributed by atoms with Crippen LogP contribution in [-0.4, -0.2) is 55.2 Å². The molecule has 0 aromatic carbocycles. The van der Waals surface area contributed by atoms with Gasteiger partial charge in [-0.25, -0.2) is 4.79 Å². The first kappa shape index (κ1) is 17.9. The van der Waals surface area contributed by atoms with E-state index >= 15 is 0 Å². The Balaban J connectivity index is 2.27. The van der Waals surface area contributed by atoms with Gasteiger partial charge in [0, 0.05) is 12.8 Å². The SMILES string of the molecule is CC(C)(C)OC(=O)N1C[C@H](OS(C)(=O)=O)C[C@]12C=CC(=O)CC2. The second-order valence-electron chi connectivity index (χ2n) is 7.12. The molecule has 1 amide bonds. The van der Waals surface area contributed by atoms with Crippen LogP contribution in [0.25, 0.3) is 0 Å². The van der Waals surface area contributed by atoms with E-state index in [1.165, 1.54) is 11.0 Å². The maximum atomic E-state index is 12.5. The summed E-state index contributed by atoms with van der Waals surface area (Å²) in [6.07, 6.45) is 4.00. The quantitative estimate of drug-likeness (QED) is 0.707. The van der Waals surface area contributed by atoms with Crippen LogP contribution < -0.4 is 0 Å². The van der Waals surface area contributed by atoms with E-state index in [2.05, 4.69) is 0 Å². The summed E-state index contributed by atoms with van der Waals surface area (Å²) in [6, 6.07) is 0. The summed E-state index contributed by atoms with van der Waals surface area (Å²) in [7, 11) is -3.63. The van der Waals surface area contributed by atoms with E-state index in [0.29, 0.717) is 19.3 Å². The molecule has 1 fully saturated rings. The topological polar surface area (TPSA) is 90.0 Å². The monoisotopic (exact) mass is 345 g/mol. The molecule has 0 saturated carbocycles. The predicted octanol–water partition coefficient (Wildman–Crippen LogP) is 1.63. The van der Waals surface area contributed by atoms with Crippen molar-refractivity contribution >= 4 is 22.0 Å². The van der Waals surface area contributed by atoms with E-state index in [1.54, 1.807) is 26.8 Å². The Kier molecular flexibility index (Phi) is 4.60. The van der Waals surface area contributed by atoms with Gasteiger partial charge < -0.3 is 4.74 Å². The molecular weight excluding hydrogens is 322 g/mol. The van der Waals surface area contributed by atoms with Crippen molar-refractivity contribution in [3.8, 4) is 0 Å². The zero-order valence-electron chi connectivity index (χ0n) is 13.9. The van der Waals surface area contributed by atoms with Gasteiger partial charge in [0.15, 0.2) is 5.78 Å². The van der Waals surface area contributed by atoms with E-state index in [9.17, 15) is 18.0 Å². The lowest BCUT2D eigenvalue weighted by Crippen LogP contribution is -2.49. The van der Waals surface area contributed by atoms with Crippen LogP contribution in [-0.2, 0) is 23.8 Å². The van der Waals surface area contributed by atoms with Gasteiger partial charge in [-0.05, 0) is 33.3 Å². The van der Waals surface area contributed by atoms with Gasteiger partial charge in [-0.15, -0.1) is 0 Å². The summed E-state index contributed by atoms with van der Waals surface area (Å²) in [5.74, 6) is -0.00718. The molecule has 23 heavy (non-hydrogen) atoms. The van der Waals surface area contributed by atoms with Crippen LogP contribution in [0.15, 0.2) is 12.2 Å². The van der Waals surface area contributed by atoms with E-state index in [1.807, 2.05) is 0 Å². The molecule has 1 saturated heterocycles. The smallest absolute Gasteiger partial charge is 0.411 e. The molecule has 0 aromatic heterocycles. The molecule has 7 nitrogen and oxygen atoms in total. The highest BCUT2D eigenvalue weighted by molar-refractivity contribution is 7.86. The fraction of sp³-hybridized carbons (Fsp3) is 0.733. The van der Waals surface area contributed by atoms with Gasteiger partial charge in [0.2, 0.25) is 0 Å². The van der Waals surface area contributed by atoms with Gasteiger partial charge in [0.1, 0.15) is 5.60 Å². The summed E-state index contributed by atoms with van der Waals surface area (Å²) in [4.78, 5) is 25.5. The first-order valence-corrected chi connectivity index (χ1v) is 9.33. The molecule has 1 spiro atoms. The number of likely N-dealkylation sites (tertiary alicyclic amines) is 1. The Morgan fingerprint density at radius 1 is 1.39 bits per heavy atom. The number of carbonyl (C=O) groups is 2. The highest BCUT2D eigenvalue weighted by Gasteiger charge is 2.50. The zero-order chi connectivity index (χ0) is 17.5. The van der Waals surface area contributed by atoms with Gasteiger partial charge in [-0.1, -0.05) is 6.08 Å². The lowest BCUT2D eigenvalue weighted by molar-refractivity contribution is -0.115. The van der Waals surface area contributed by atoms with E-state index < -0.39 is 33.5 Å². The van der Waals surface area contributed by atoms with Crippen molar-refractivity contribution in [2.75, 3.05) is 12.8 Å². The van der Waals surface area contributed by atoms with Crippen LogP contribution in [0.4, 0.5) is 4.79 Å². The lowest BCUT2D eigenvalue weighted by Gasteiger charge is -2.38. The number of allylic oxidation sites excluding steroid dienone is 1. The summed E-state index contributed by atoms with van der Waals surface area (Å²) in [5, 5.41) is 0. The second kappa shape index (κ2) is 5.90. The minimum Gasteiger partial charge on any atom is -0.444 e. The van der Waals surface area contributed by atoms with Crippen LogP contribution >= 0.6 is 0 Å². The van der Waals surface area contributed by atoms with Crippen molar-refractivity contribution < 1.29 is 26.9 Å². The lowest BCUT2D eigenvalue weighted by atomic mass is 9.84. The normalized spacial score (nSPS) is 28.4. The fourth-order valence-corrected chi connectivity index (χ4v) is 3.61. The van der Waals surface area contributed by atoms with Crippen molar-refractivity contribution in [1.82, 2.24) is 4.90 Å². The van der Waals surface area contributed by atoms with Gasteiger partial charge in [-0.3, -0.25) is 13.9 Å². The Morgan fingerprint density at radius 2 is 2.04 bits per heavy atom. The van der Waals surface area contributed by atoms with Crippen LogP contribution in [0.3, 0.4) is 0 Å². The number of ether oxygens (including phenoxy) is 1. The Morgan fingerprint density at radius 3 is 2.52 bits per heavy atom. The Labute approximate surface area is 136 Å². The van der Waals surface area contributed by atoms with Crippen molar-refractivity contribution in [2.45, 2.75) is 57.3 Å².